The highest BCUT2D eigenvalue weighted by atomic mass is 14.5. The van der Waals surface area contributed by atoms with Gasteiger partial charge in [-0.05, 0) is 104 Å². The molecular weight excluding hydrogens is 516 g/mol. The third-order valence-corrected chi connectivity index (χ3v) is 9.35. The van der Waals surface area contributed by atoms with Crippen molar-refractivity contribution in [2.75, 3.05) is 0 Å². The lowest BCUT2D eigenvalue weighted by molar-refractivity contribution is 0.835. The summed E-state index contributed by atoms with van der Waals surface area (Å²) in [6, 6.07) is 46.0. The molecule has 0 heteroatoms. The molecule has 5 aromatic carbocycles. The van der Waals surface area contributed by atoms with E-state index in [1.54, 1.807) is 0 Å². The minimum absolute atomic E-state index is 0.476. The van der Waals surface area contributed by atoms with Crippen LogP contribution in [0, 0.1) is 0 Å². The molecular formula is C43H34. The molecule has 0 bridgehead atoms. The molecule has 0 unspecified atom stereocenters. The normalized spacial score (nSPS) is 15.1. The van der Waals surface area contributed by atoms with Gasteiger partial charge in [0.25, 0.3) is 0 Å². The van der Waals surface area contributed by atoms with Gasteiger partial charge in [0.05, 0.1) is 5.41 Å². The molecule has 7 rings (SSSR count). The van der Waals surface area contributed by atoms with Crippen molar-refractivity contribution in [2.45, 2.75) is 19.3 Å². The first-order valence-corrected chi connectivity index (χ1v) is 14.9. The highest BCUT2D eigenvalue weighted by molar-refractivity contribution is 6.03. The van der Waals surface area contributed by atoms with Gasteiger partial charge in [-0.3, -0.25) is 0 Å². The Labute approximate surface area is 255 Å². The van der Waals surface area contributed by atoms with Gasteiger partial charge >= 0.3 is 0 Å². The van der Waals surface area contributed by atoms with E-state index in [9.17, 15) is 0 Å². The Balaban J connectivity index is 1.55. The van der Waals surface area contributed by atoms with Gasteiger partial charge in [0.15, 0.2) is 0 Å². The van der Waals surface area contributed by atoms with Crippen LogP contribution in [0.4, 0.5) is 0 Å². The maximum atomic E-state index is 4.30. The van der Waals surface area contributed by atoms with E-state index in [1.807, 2.05) is 12.2 Å². The topological polar surface area (TPSA) is 0 Å². The maximum Gasteiger partial charge on any atom is 0.0725 e. The van der Waals surface area contributed by atoms with Crippen molar-refractivity contribution >= 4 is 17.2 Å². The van der Waals surface area contributed by atoms with Crippen molar-refractivity contribution in [2.24, 2.45) is 0 Å². The first-order valence-electron chi connectivity index (χ1n) is 14.9. The van der Waals surface area contributed by atoms with E-state index < -0.39 is 5.41 Å². The molecule has 1 spiro atoms. The van der Waals surface area contributed by atoms with Gasteiger partial charge in [0.1, 0.15) is 0 Å². The van der Waals surface area contributed by atoms with Crippen molar-refractivity contribution in [3.63, 3.8) is 0 Å². The summed E-state index contributed by atoms with van der Waals surface area (Å²) in [4.78, 5) is 0. The molecule has 0 nitrogen and oxygen atoms in total. The van der Waals surface area contributed by atoms with Gasteiger partial charge in [-0.15, -0.1) is 0 Å². The maximum absolute atomic E-state index is 4.30. The molecule has 0 N–H and O–H groups in total. The zero-order valence-electron chi connectivity index (χ0n) is 24.8. The summed E-state index contributed by atoms with van der Waals surface area (Å²) < 4.78 is 0. The van der Waals surface area contributed by atoms with E-state index >= 15 is 0 Å². The first kappa shape index (κ1) is 26.7. The summed E-state index contributed by atoms with van der Waals surface area (Å²) in [6.07, 6.45) is 6.40. The molecule has 0 aliphatic heterocycles. The molecule has 0 aromatic heterocycles. The molecule has 0 saturated carbocycles. The van der Waals surface area contributed by atoms with Crippen LogP contribution in [-0.4, -0.2) is 0 Å². The molecule has 0 amide bonds. The van der Waals surface area contributed by atoms with Crippen LogP contribution in [0.15, 0.2) is 169 Å². The zero-order chi connectivity index (χ0) is 29.6. The van der Waals surface area contributed by atoms with E-state index in [1.165, 1.54) is 61.2 Å². The van der Waals surface area contributed by atoms with Gasteiger partial charge in [-0.1, -0.05) is 147 Å². The van der Waals surface area contributed by atoms with Gasteiger partial charge in [-0.25, -0.2) is 0 Å². The molecule has 0 atom stereocenters. The van der Waals surface area contributed by atoms with E-state index in [-0.39, 0.29) is 0 Å². The number of benzene rings is 5. The van der Waals surface area contributed by atoms with Gasteiger partial charge in [0.2, 0.25) is 0 Å². The molecule has 2 aliphatic carbocycles. The number of hydrogen-bond donors (Lipinski definition) is 0. The molecule has 0 saturated heterocycles. The second kappa shape index (κ2) is 10.6. The fourth-order valence-corrected chi connectivity index (χ4v) is 7.32. The van der Waals surface area contributed by atoms with Crippen LogP contribution in [0.1, 0.15) is 41.7 Å². The van der Waals surface area contributed by atoms with Crippen LogP contribution < -0.4 is 0 Å². The fourth-order valence-electron chi connectivity index (χ4n) is 7.32. The summed E-state index contributed by atoms with van der Waals surface area (Å²) in [5.41, 5.74) is 17.1. The summed E-state index contributed by atoms with van der Waals surface area (Å²) in [5, 5.41) is 0. The first-order chi connectivity index (χ1) is 21.1. The minimum Gasteiger partial charge on any atom is -0.0984 e. The minimum atomic E-state index is -0.476. The van der Waals surface area contributed by atoms with Crippen molar-refractivity contribution < 1.29 is 0 Å². The molecule has 0 fully saturated rings. The highest BCUT2D eigenvalue weighted by Gasteiger charge is 2.52. The Kier molecular flexibility index (Phi) is 6.56. The largest absolute Gasteiger partial charge is 0.0984 e. The Morgan fingerprint density at radius 3 is 1.77 bits per heavy atom. The summed E-state index contributed by atoms with van der Waals surface area (Å²) in [6.45, 7) is 13.1. The van der Waals surface area contributed by atoms with Crippen LogP contribution in [0.2, 0.25) is 0 Å². The van der Waals surface area contributed by atoms with Crippen molar-refractivity contribution in [3.8, 4) is 22.3 Å². The van der Waals surface area contributed by atoms with E-state index in [0.717, 1.165) is 16.7 Å². The molecule has 5 aromatic rings. The van der Waals surface area contributed by atoms with Crippen LogP contribution in [-0.2, 0) is 5.41 Å². The standard InChI is InChI=1S/C43H34/c1-5-31(33-17-9-7-10-18-33)28-41-29(3)30(4)42(36-26-25-35(27-32(36)6-2)34-19-11-8-12-20-34)43(41)39-23-15-13-21-37(39)38-22-14-16-24-40(38)43/h5-28H,1-2H2,3-4H3/b31-28+. The average Bonchev–Trinajstić information content (AvgIpc) is 3.48. The van der Waals surface area contributed by atoms with Crippen LogP contribution >= 0.6 is 0 Å². The van der Waals surface area contributed by atoms with Crippen LogP contribution in [0.25, 0.3) is 39.5 Å². The predicted molar refractivity (Wildman–Crippen MR) is 185 cm³/mol. The lowest BCUT2D eigenvalue weighted by Gasteiger charge is -2.35. The lowest BCUT2D eigenvalue weighted by atomic mass is 9.66. The van der Waals surface area contributed by atoms with Gasteiger partial charge in [-0.2, -0.15) is 0 Å². The average molecular weight is 551 g/mol. The van der Waals surface area contributed by atoms with Crippen molar-refractivity contribution in [1.82, 2.24) is 0 Å². The monoisotopic (exact) mass is 550 g/mol. The molecule has 0 radical (unpaired) electrons. The van der Waals surface area contributed by atoms with Gasteiger partial charge < -0.3 is 0 Å². The molecule has 0 heterocycles. The Bertz CT molecular complexity index is 1950. The number of rotatable bonds is 6. The summed E-state index contributed by atoms with van der Waals surface area (Å²) in [5.74, 6) is 0. The molecule has 206 valence electrons. The lowest BCUT2D eigenvalue weighted by Crippen LogP contribution is -2.28. The quantitative estimate of drug-likeness (QED) is 0.184. The van der Waals surface area contributed by atoms with E-state index in [2.05, 4.69) is 160 Å². The highest BCUT2D eigenvalue weighted by Crippen LogP contribution is 2.64. The van der Waals surface area contributed by atoms with E-state index in [0.29, 0.717) is 0 Å². The third kappa shape index (κ3) is 3.98. The fraction of sp³-hybridized carbons (Fsp3) is 0.0698. The van der Waals surface area contributed by atoms with Gasteiger partial charge in [0, 0.05) is 0 Å². The Morgan fingerprint density at radius 1 is 0.581 bits per heavy atom. The second-order valence-electron chi connectivity index (χ2n) is 11.4. The smallest absolute Gasteiger partial charge is 0.0725 e. The predicted octanol–water partition coefficient (Wildman–Crippen LogP) is 11.3. The number of hydrogen-bond acceptors (Lipinski definition) is 0. The summed E-state index contributed by atoms with van der Waals surface area (Å²) in [7, 11) is 0. The van der Waals surface area contributed by atoms with Crippen LogP contribution in [0.5, 0.6) is 0 Å². The molecule has 2 aliphatic rings. The number of fused-ring (bicyclic) bond motifs is 5. The molecule has 43 heavy (non-hydrogen) atoms. The van der Waals surface area contributed by atoms with Crippen LogP contribution in [0.3, 0.4) is 0 Å². The second-order valence-corrected chi connectivity index (χ2v) is 11.4. The third-order valence-electron chi connectivity index (χ3n) is 9.35. The van der Waals surface area contributed by atoms with Crippen molar-refractivity contribution in [3.05, 3.63) is 197 Å². The Hall–Kier alpha value is -5.20. The SMILES string of the molecule is C=C/C(=C\C1=C(C)C(C)=C(c2ccc(-c3ccccc3)cc2C=C)C12c1ccccc1-c1ccccc12)c1ccccc1. The van der Waals surface area contributed by atoms with Crippen molar-refractivity contribution in [1.29, 1.82) is 0 Å². The Morgan fingerprint density at radius 2 is 1.16 bits per heavy atom. The summed E-state index contributed by atoms with van der Waals surface area (Å²) >= 11 is 0. The zero-order valence-corrected chi connectivity index (χ0v) is 24.8. The number of allylic oxidation sites excluding steroid dienone is 7. The van der Waals surface area contributed by atoms with E-state index in [4.69, 9.17) is 0 Å².